The maximum absolute atomic E-state index is 11.7. The van der Waals surface area contributed by atoms with E-state index in [1.54, 1.807) is 0 Å². The fraction of sp³-hybridized carbons (Fsp3) is 0.600. The summed E-state index contributed by atoms with van der Waals surface area (Å²) in [5.74, 6) is -2.10. The van der Waals surface area contributed by atoms with Crippen LogP contribution in [0, 0.1) is 0 Å². The standard InChI is InChI=1S/C10H14N2O4/c1-10(2)15-8(13)6(9(14)16-10)7-11-4-3-5-12-7/h11-12H,3-5H2,1-2H3. The molecule has 2 rings (SSSR count). The first-order chi connectivity index (χ1) is 7.49. The van der Waals surface area contributed by atoms with Gasteiger partial charge in [0, 0.05) is 26.9 Å². The third kappa shape index (κ3) is 1.95. The van der Waals surface area contributed by atoms with E-state index in [0.717, 1.165) is 19.5 Å². The number of carbonyl (C=O) groups is 2. The second-order valence-corrected chi connectivity index (χ2v) is 4.14. The summed E-state index contributed by atoms with van der Waals surface area (Å²) < 4.78 is 9.98. The van der Waals surface area contributed by atoms with E-state index in [9.17, 15) is 9.59 Å². The summed E-state index contributed by atoms with van der Waals surface area (Å²) in [5.41, 5.74) is -0.0842. The van der Waals surface area contributed by atoms with Crippen LogP contribution in [0.5, 0.6) is 0 Å². The summed E-state index contributed by atoms with van der Waals surface area (Å²) in [7, 11) is 0. The molecule has 2 aliphatic heterocycles. The Balaban J connectivity index is 2.28. The Hall–Kier alpha value is -1.72. The minimum Gasteiger partial charge on any atom is -0.419 e. The topological polar surface area (TPSA) is 76.7 Å². The van der Waals surface area contributed by atoms with Crippen molar-refractivity contribution in [2.75, 3.05) is 13.1 Å². The number of cyclic esters (lactones) is 2. The molecule has 2 heterocycles. The molecule has 16 heavy (non-hydrogen) atoms. The van der Waals surface area contributed by atoms with Crippen LogP contribution < -0.4 is 10.6 Å². The summed E-state index contributed by atoms with van der Waals surface area (Å²) in [6, 6.07) is 0. The number of hydrogen-bond acceptors (Lipinski definition) is 6. The molecule has 0 radical (unpaired) electrons. The van der Waals surface area contributed by atoms with E-state index >= 15 is 0 Å². The van der Waals surface area contributed by atoms with Crippen LogP contribution in [0.25, 0.3) is 0 Å². The molecule has 2 aliphatic rings. The molecular weight excluding hydrogens is 212 g/mol. The van der Waals surface area contributed by atoms with Crippen molar-refractivity contribution in [1.29, 1.82) is 0 Å². The summed E-state index contributed by atoms with van der Waals surface area (Å²) in [6.45, 7) is 4.48. The molecule has 0 aromatic heterocycles. The fourth-order valence-electron chi connectivity index (χ4n) is 1.61. The predicted octanol–water partition coefficient (Wildman–Crippen LogP) is -0.383. The van der Waals surface area contributed by atoms with E-state index in [-0.39, 0.29) is 5.57 Å². The van der Waals surface area contributed by atoms with E-state index in [1.165, 1.54) is 13.8 Å². The van der Waals surface area contributed by atoms with Crippen molar-refractivity contribution >= 4 is 11.9 Å². The lowest BCUT2D eigenvalue weighted by Gasteiger charge is -2.31. The van der Waals surface area contributed by atoms with Crippen LogP contribution in [0.15, 0.2) is 11.4 Å². The fourth-order valence-corrected chi connectivity index (χ4v) is 1.61. The van der Waals surface area contributed by atoms with Gasteiger partial charge in [0.15, 0.2) is 5.57 Å². The zero-order chi connectivity index (χ0) is 11.8. The normalized spacial score (nSPS) is 24.1. The van der Waals surface area contributed by atoms with Gasteiger partial charge in [-0.05, 0) is 6.42 Å². The molecule has 0 aromatic rings. The zero-order valence-corrected chi connectivity index (χ0v) is 9.25. The molecule has 0 aromatic carbocycles. The maximum atomic E-state index is 11.7. The molecule has 0 saturated carbocycles. The van der Waals surface area contributed by atoms with Crippen LogP contribution in [0.2, 0.25) is 0 Å². The summed E-state index contributed by atoms with van der Waals surface area (Å²) in [5, 5.41) is 5.89. The third-order valence-corrected chi connectivity index (χ3v) is 2.29. The minimum atomic E-state index is -1.19. The molecule has 0 aliphatic carbocycles. The van der Waals surface area contributed by atoms with E-state index in [2.05, 4.69) is 10.6 Å². The van der Waals surface area contributed by atoms with Gasteiger partial charge in [0.1, 0.15) is 5.82 Å². The molecule has 2 saturated heterocycles. The van der Waals surface area contributed by atoms with Crippen molar-refractivity contribution in [3.8, 4) is 0 Å². The van der Waals surface area contributed by atoms with Crippen molar-refractivity contribution in [3.63, 3.8) is 0 Å². The first-order valence-corrected chi connectivity index (χ1v) is 5.18. The second kappa shape index (κ2) is 3.70. The lowest BCUT2D eigenvalue weighted by atomic mass is 10.2. The van der Waals surface area contributed by atoms with Crippen LogP contribution in [0.1, 0.15) is 20.3 Å². The van der Waals surface area contributed by atoms with Crippen molar-refractivity contribution in [2.24, 2.45) is 0 Å². The zero-order valence-electron chi connectivity index (χ0n) is 9.25. The van der Waals surface area contributed by atoms with Gasteiger partial charge in [-0.15, -0.1) is 0 Å². The quantitative estimate of drug-likeness (QED) is 0.333. The Morgan fingerprint density at radius 1 is 1.06 bits per heavy atom. The van der Waals surface area contributed by atoms with Gasteiger partial charge in [-0.25, -0.2) is 9.59 Å². The van der Waals surface area contributed by atoms with Gasteiger partial charge in [-0.3, -0.25) is 0 Å². The Morgan fingerprint density at radius 3 is 2.06 bits per heavy atom. The van der Waals surface area contributed by atoms with Crippen LogP contribution in [0.3, 0.4) is 0 Å². The third-order valence-electron chi connectivity index (χ3n) is 2.29. The highest BCUT2D eigenvalue weighted by atomic mass is 16.7. The number of rotatable bonds is 0. The van der Waals surface area contributed by atoms with Gasteiger partial charge in [-0.1, -0.05) is 0 Å². The van der Waals surface area contributed by atoms with Crippen LogP contribution >= 0.6 is 0 Å². The highest BCUT2D eigenvalue weighted by molar-refractivity contribution is 6.15. The van der Waals surface area contributed by atoms with Crippen molar-refractivity contribution in [3.05, 3.63) is 11.4 Å². The predicted molar refractivity (Wildman–Crippen MR) is 53.9 cm³/mol. The molecule has 2 fully saturated rings. The highest BCUT2D eigenvalue weighted by Gasteiger charge is 2.41. The summed E-state index contributed by atoms with van der Waals surface area (Å²) >= 11 is 0. The summed E-state index contributed by atoms with van der Waals surface area (Å²) in [6.07, 6.45) is 0.937. The molecule has 0 spiro atoms. The van der Waals surface area contributed by atoms with Crippen LogP contribution in [-0.2, 0) is 19.1 Å². The number of hydrogen-bond donors (Lipinski definition) is 2. The average Bonchev–Trinajstić information content (AvgIpc) is 2.16. The van der Waals surface area contributed by atoms with Crippen molar-refractivity contribution in [1.82, 2.24) is 10.6 Å². The molecule has 6 nitrogen and oxygen atoms in total. The minimum absolute atomic E-state index is 0.0842. The largest absolute Gasteiger partial charge is 0.419 e. The van der Waals surface area contributed by atoms with E-state index in [4.69, 9.17) is 9.47 Å². The van der Waals surface area contributed by atoms with Crippen LogP contribution in [-0.4, -0.2) is 30.8 Å². The SMILES string of the molecule is CC1(C)OC(=O)C(=C2NCCCN2)C(=O)O1. The first-order valence-electron chi connectivity index (χ1n) is 5.18. The highest BCUT2D eigenvalue weighted by Crippen LogP contribution is 2.23. The second-order valence-electron chi connectivity index (χ2n) is 4.14. The number of esters is 2. The van der Waals surface area contributed by atoms with Crippen molar-refractivity contribution < 1.29 is 19.1 Å². The summed E-state index contributed by atoms with van der Waals surface area (Å²) in [4.78, 5) is 23.3. The smallest absolute Gasteiger partial charge is 0.352 e. The molecule has 0 bridgehead atoms. The van der Waals surface area contributed by atoms with Gasteiger partial charge in [0.2, 0.25) is 0 Å². The van der Waals surface area contributed by atoms with Gasteiger partial charge in [-0.2, -0.15) is 0 Å². The lowest BCUT2D eigenvalue weighted by Crippen LogP contribution is -2.46. The molecular formula is C10H14N2O4. The lowest BCUT2D eigenvalue weighted by molar-refractivity contribution is -0.222. The molecule has 0 atom stereocenters. The number of ether oxygens (including phenoxy) is 2. The molecule has 2 N–H and O–H groups in total. The Kier molecular flexibility index (Phi) is 2.49. The first kappa shape index (κ1) is 10.8. The molecule has 6 heteroatoms. The molecule has 0 unspecified atom stereocenters. The maximum Gasteiger partial charge on any atom is 0.352 e. The van der Waals surface area contributed by atoms with Gasteiger partial charge in [0.25, 0.3) is 5.79 Å². The molecule has 88 valence electrons. The van der Waals surface area contributed by atoms with Crippen molar-refractivity contribution in [2.45, 2.75) is 26.1 Å². The van der Waals surface area contributed by atoms with Gasteiger partial charge in [0.05, 0.1) is 0 Å². The number of nitrogens with one attached hydrogen (secondary N) is 2. The monoisotopic (exact) mass is 226 g/mol. The van der Waals surface area contributed by atoms with E-state index in [1.807, 2.05) is 0 Å². The van der Waals surface area contributed by atoms with Crippen LogP contribution in [0.4, 0.5) is 0 Å². The Bertz CT molecular complexity index is 343. The Labute approximate surface area is 93.0 Å². The van der Waals surface area contributed by atoms with Gasteiger partial charge < -0.3 is 20.1 Å². The van der Waals surface area contributed by atoms with E-state index < -0.39 is 17.7 Å². The molecule has 0 amide bonds. The van der Waals surface area contributed by atoms with Gasteiger partial charge >= 0.3 is 11.9 Å². The average molecular weight is 226 g/mol. The Morgan fingerprint density at radius 2 is 1.56 bits per heavy atom. The van der Waals surface area contributed by atoms with E-state index in [0.29, 0.717) is 5.82 Å². The number of carbonyl (C=O) groups excluding carboxylic acids is 2.